The maximum Gasteiger partial charge on any atom is 0.409 e. The first-order valence-electron chi connectivity index (χ1n) is 26.0. The van der Waals surface area contributed by atoms with Crippen LogP contribution in [0.3, 0.4) is 0 Å². The van der Waals surface area contributed by atoms with E-state index in [1.807, 2.05) is 0 Å². The van der Waals surface area contributed by atoms with Crippen molar-refractivity contribution in [3.8, 4) is 41.1 Å². The van der Waals surface area contributed by atoms with Gasteiger partial charge in [0, 0.05) is 74.4 Å². The summed E-state index contributed by atoms with van der Waals surface area (Å²) in [5, 5.41) is 17.6. The predicted octanol–water partition coefficient (Wildman–Crippen LogP) is 6.01. The molecule has 7 aliphatic rings. The molecule has 12 rings (SSSR count). The molecule has 2 aromatic heterocycles. The summed E-state index contributed by atoms with van der Waals surface area (Å²) >= 11 is 0. The van der Waals surface area contributed by atoms with Crippen molar-refractivity contribution in [2.75, 3.05) is 57.4 Å². The van der Waals surface area contributed by atoms with Crippen LogP contribution >= 0.6 is 0 Å². The topological polar surface area (TPSA) is 209 Å². The number of hydrogen-bond acceptors (Lipinski definition) is 15. The van der Waals surface area contributed by atoms with Crippen LogP contribution in [0.15, 0.2) is 60.8 Å². The Kier molecular flexibility index (Phi) is 12.6. The van der Waals surface area contributed by atoms with E-state index in [1.54, 1.807) is 11.0 Å². The minimum atomic E-state index is -1.05. The number of imide groups is 2. The summed E-state index contributed by atoms with van der Waals surface area (Å²) in [5.41, 5.74) is 0.691. The fourth-order valence-electron chi connectivity index (χ4n) is 12.7. The van der Waals surface area contributed by atoms with E-state index in [0.717, 1.165) is 49.0 Å². The molecule has 0 aliphatic carbocycles. The molecule has 5 atom stereocenters. The lowest BCUT2D eigenvalue weighted by atomic mass is 9.94. The zero-order valence-electron chi connectivity index (χ0n) is 41.6. The average molecular weight is 1040 g/mol. The van der Waals surface area contributed by atoms with Gasteiger partial charge in [-0.1, -0.05) is 24.1 Å². The second-order valence-electron chi connectivity index (χ2n) is 21.3. The molecule has 0 saturated carbocycles. The number of nitrogens with zero attached hydrogens (tertiary/aromatic N) is 7. The van der Waals surface area contributed by atoms with Gasteiger partial charge < -0.3 is 34.4 Å². The van der Waals surface area contributed by atoms with E-state index >= 15 is 8.78 Å². The number of pyridine rings is 1. The summed E-state index contributed by atoms with van der Waals surface area (Å²) in [7, 11) is 0. The number of amides is 5. The number of terminal acetylenes is 1. The van der Waals surface area contributed by atoms with Crippen molar-refractivity contribution in [1.82, 2.24) is 40.3 Å². The van der Waals surface area contributed by atoms with Crippen LogP contribution in [0.1, 0.15) is 90.5 Å². The van der Waals surface area contributed by atoms with Crippen LogP contribution < -0.4 is 25.0 Å². The van der Waals surface area contributed by atoms with Gasteiger partial charge in [0.2, 0.25) is 11.8 Å². The first kappa shape index (κ1) is 49.1. The number of carbonyl (C=O) groups excluding carboxylic acids is 5. The Hall–Kier alpha value is -7.76. The molecule has 3 aromatic carbocycles. The Morgan fingerprint density at radius 2 is 1.72 bits per heavy atom. The summed E-state index contributed by atoms with van der Waals surface area (Å²) in [6, 6.07) is 9.42. The van der Waals surface area contributed by atoms with Crippen molar-refractivity contribution in [3.05, 3.63) is 89.1 Å². The van der Waals surface area contributed by atoms with Gasteiger partial charge in [-0.05, 0) is 105 Å². The van der Waals surface area contributed by atoms with Gasteiger partial charge in [-0.15, -0.1) is 6.42 Å². The van der Waals surface area contributed by atoms with Gasteiger partial charge in [0.1, 0.15) is 53.6 Å². The van der Waals surface area contributed by atoms with E-state index in [0.29, 0.717) is 74.5 Å². The summed E-state index contributed by atoms with van der Waals surface area (Å²) in [4.78, 5) is 85.2. The molecule has 0 radical (unpaired) electrons. The number of phenols is 1. The van der Waals surface area contributed by atoms with Gasteiger partial charge in [0.15, 0.2) is 5.82 Å². The van der Waals surface area contributed by atoms with Crippen molar-refractivity contribution in [2.45, 2.75) is 93.9 Å². The van der Waals surface area contributed by atoms with E-state index in [9.17, 15) is 29.1 Å². The molecule has 1 unspecified atom stereocenters. The van der Waals surface area contributed by atoms with Crippen molar-refractivity contribution < 1.29 is 52.1 Å². The zero-order chi connectivity index (χ0) is 52.6. The number of anilines is 1. The number of rotatable bonds is 12. The highest BCUT2D eigenvalue weighted by atomic mass is 19.1. The van der Waals surface area contributed by atoms with Crippen molar-refractivity contribution in [2.24, 2.45) is 5.92 Å². The number of fused-ring (bicyclic) bond motifs is 6. The van der Waals surface area contributed by atoms with E-state index < -0.39 is 46.8 Å². The Morgan fingerprint density at radius 1 is 0.934 bits per heavy atom. The lowest BCUT2D eigenvalue weighted by Gasteiger charge is -2.35. The average Bonchev–Trinajstić information content (AvgIpc) is 4.18. The minimum absolute atomic E-state index is 0.0188. The summed E-state index contributed by atoms with van der Waals surface area (Å²) < 4.78 is 50.9. The maximum atomic E-state index is 17.3. The molecule has 2 bridgehead atoms. The summed E-state index contributed by atoms with van der Waals surface area (Å²) in [6.45, 7) is 7.96. The molecular weight excluding hydrogens is 981 g/mol. The van der Waals surface area contributed by atoms with E-state index in [2.05, 4.69) is 37.9 Å². The fraction of sp³-hybridized carbons (Fsp3) is 0.429. The van der Waals surface area contributed by atoms with Gasteiger partial charge >= 0.3 is 12.1 Å². The van der Waals surface area contributed by atoms with Gasteiger partial charge in [-0.25, -0.2) is 13.6 Å². The number of nitrogens with one attached hydrogen (secondary N) is 2. The van der Waals surface area contributed by atoms with Crippen molar-refractivity contribution in [3.63, 3.8) is 0 Å². The second-order valence-corrected chi connectivity index (χ2v) is 21.3. The largest absolute Gasteiger partial charge is 0.508 e. The second kappa shape index (κ2) is 19.4. The number of piperazine rings is 1. The van der Waals surface area contributed by atoms with Gasteiger partial charge in [0.05, 0.1) is 34.2 Å². The maximum absolute atomic E-state index is 17.3. The van der Waals surface area contributed by atoms with Crippen LogP contribution in [0.25, 0.3) is 32.9 Å². The normalized spacial score (nSPS) is 24.6. The number of aromatic nitrogens is 3. The van der Waals surface area contributed by atoms with E-state index in [4.69, 9.17) is 30.6 Å². The first-order valence-corrected chi connectivity index (χ1v) is 26.0. The van der Waals surface area contributed by atoms with Gasteiger partial charge in [0.25, 0.3) is 11.8 Å². The Balaban J connectivity index is 0.684. The Labute approximate surface area is 435 Å². The van der Waals surface area contributed by atoms with Gasteiger partial charge in [-0.2, -0.15) is 9.97 Å². The lowest BCUT2D eigenvalue weighted by molar-refractivity contribution is -0.136. The number of hydrogen-bond donors (Lipinski definition) is 3. The standard InChI is InChI=1S/C56H55F2N9O9/c1-3-38-43(57)9-4-32-20-36(68)21-41(46(32)38)48-47(58)49-42(24-59-48)50(65-26-33-5-6-34(27-65)60-33)63-54(62-49)76-29-56-16-12-35(66(56)25-30(2)23-56)28-75-55(73)64-17-13-31(14-18-64)15-19-74-37-7-8-39-40(22-37)53(72)67(52(39)71)44-10-11-45(69)61-51(44)70/h1,4,7-9,20-22,24,31,33-35,44,60,68H,2,5-6,10-19,23,25-29H2,(H,61,69,70)/t33-,34+,35-,44?,56-/m0/s1. The molecule has 392 valence electrons. The SMILES string of the molecule is C#Cc1c(F)ccc2cc(O)cc(-c3ncc4c(N5C[C@H]6CC[C@@H](C5)N6)nc(OC[C@@]56CC[C@@H](COC(=O)N7CCC(CCOc8ccc9c(c8)C(=O)N(C8CCC(=O)NC8=O)C9=O)CC7)N5CC(=C)C6)nc4c3F)c12. The van der Waals surface area contributed by atoms with E-state index in [-0.39, 0.29) is 107 Å². The molecule has 6 fully saturated rings. The highest BCUT2D eigenvalue weighted by molar-refractivity contribution is 6.23. The number of piperidine rings is 2. The number of halogens is 2. The van der Waals surface area contributed by atoms with Crippen LogP contribution in [-0.4, -0.2) is 147 Å². The minimum Gasteiger partial charge on any atom is -0.508 e. The van der Waals surface area contributed by atoms with Crippen LogP contribution in [-0.2, 0) is 14.3 Å². The summed E-state index contributed by atoms with van der Waals surface area (Å²) in [5.74, 6) is -0.316. The molecule has 7 aliphatic heterocycles. The van der Waals surface area contributed by atoms with Crippen LogP contribution in [0.5, 0.6) is 17.5 Å². The Morgan fingerprint density at radius 3 is 2.50 bits per heavy atom. The van der Waals surface area contributed by atoms with E-state index in [1.165, 1.54) is 42.6 Å². The number of aromatic hydroxyl groups is 1. The summed E-state index contributed by atoms with van der Waals surface area (Å²) in [6.07, 6.45) is 13.4. The van der Waals surface area contributed by atoms with Crippen LogP contribution in [0.2, 0.25) is 0 Å². The molecule has 76 heavy (non-hydrogen) atoms. The molecule has 0 spiro atoms. The fourth-order valence-corrected chi connectivity index (χ4v) is 12.7. The highest BCUT2D eigenvalue weighted by Crippen LogP contribution is 2.45. The molecule has 3 N–H and O–H groups in total. The molecular formula is C56H55F2N9O9. The quantitative estimate of drug-likeness (QED) is 0.0743. The highest BCUT2D eigenvalue weighted by Gasteiger charge is 2.52. The number of phenolic OH excluding ortho intramolecular Hbond substituents is 1. The number of carbonyl (C=O) groups is 5. The third kappa shape index (κ3) is 8.78. The van der Waals surface area contributed by atoms with Crippen LogP contribution in [0.4, 0.5) is 19.4 Å². The predicted molar refractivity (Wildman–Crippen MR) is 273 cm³/mol. The number of likely N-dealkylation sites (tertiary alicyclic amines) is 1. The third-order valence-electron chi connectivity index (χ3n) is 16.5. The molecule has 6 saturated heterocycles. The molecule has 5 aromatic rings. The number of benzene rings is 3. The molecule has 20 heteroatoms. The Bertz CT molecular complexity index is 3330. The first-order chi connectivity index (χ1) is 36.7. The third-order valence-corrected chi connectivity index (χ3v) is 16.5. The van der Waals surface area contributed by atoms with Crippen molar-refractivity contribution in [1.29, 1.82) is 0 Å². The smallest absolute Gasteiger partial charge is 0.409 e. The lowest BCUT2D eigenvalue weighted by Crippen LogP contribution is -2.54. The van der Waals surface area contributed by atoms with Crippen molar-refractivity contribution >= 4 is 57.2 Å². The number of ether oxygens (including phenoxy) is 3. The molecule has 9 heterocycles. The molecule has 5 amide bonds. The van der Waals surface area contributed by atoms with Crippen LogP contribution in [0, 0.1) is 29.9 Å². The zero-order valence-corrected chi connectivity index (χ0v) is 41.6. The monoisotopic (exact) mass is 1040 g/mol. The van der Waals surface area contributed by atoms with Gasteiger partial charge in [-0.3, -0.25) is 39.3 Å². The molecule has 18 nitrogen and oxygen atoms in total.